The zero-order chi connectivity index (χ0) is 13.7. The molecule has 2 aromatic rings. The molecule has 1 aromatic heterocycles. The van der Waals surface area contributed by atoms with Crippen molar-refractivity contribution in [1.29, 1.82) is 0 Å². The maximum atomic E-state index is 5.31. The van der Waals surface area contributed by atoms with Crippen molar-refractivity contribution in [3.8, 4) is 22.8 Å². The second kappa shape index (κ2) is 6.43. The lowest BCUT2D eigenvalue weighted by Gasteiger charge is -2.08. The molecule has 0 unspecified atom stereocenters. The average Bonchev–Trinajstić information content (AvgIpc) is 2.93. The van der Waals surface area contributed by atoms with E-state index < -0.39 is 0 Å². The molecule has 1 aromatic carbocycles. The van der Waals surface area contributed by atoms with Crippen molar-refractivity contribution in [2.45, 2.75) is 13.3 Å². The molecule has 1 N–H and O–H groups in total. The van der Waals surface area contributed by atoms with Gasteiger partial charge in [0, 0.05) is 17.5 Å². The van der Waals surface area contributed by atoms with E-state index >= 15 is 0 Å². The fourth-order valence-corrected chi connectivity index (χ4v) is 2.46. The Morgan fingerprint density at radius 1 is 1.21 bits per heavy atom. The topological polar surface area (TPSA) is 43.4 Å². The molecule has 19 heavy (non-hydrogen) atoms. The summed E-state index contributed by atoms with van der Waals surface area (Å²) in [5, 5.41) is 6.28. The van der Waals surface area contributed by atoms with Gasteiger partial charge in [0.2, 0.25) is 0 Å². The molecule has 0 radical (unpaired) electrons. The molecule has 4 nitrogen and oxygen atoms in total. The van der Waals surface area contributed by atoms with Crippen LogP contribution in [0.2, 0.25) is 0 Å². The van der Waals surface area contributed by atoms with Crippen molar-refractivity contribution < 1.29 is 9.47 Å². The van der Waals surface area contributed by atoms with Crippen molar-refractivity contribution >= 4 is 16.5 Å². The van der Waals surface area contributed by atoms with Crippen LogP contribution in [0.5, 0.6) is 11.5 Å². The minimum atomic E-state index is 0.719. The Labute approximate surface area is 117 Å². The molecule has 0 atom stereocenters. The van der Waals surface area contributed by atoms with E-state index in [1.807, 2.05) is 23.6 Å². The Morgan fingerprint density at radius 3 is 2.68 bits per heavy atom. The lowest BCUT2D eigenvalue weighted by molar-refractivity contribution is 0.355. The first-order valence-corrected chi connectivity index (χ1v) is 7.08. The highest BCUT2D eigenvalue weighted by Crippen LogP contribution is 2.33. The molecule has 2 rings (SSSR count). The average molecular weight is 278 g/mol. The van der Waals surface area contributed by atoms with E-state index in [4.69, 9.17) is 9.47 Å². The van der Waals surface area contributed by atoms with Gasteiger partial charge in [-0.15, -0.1) is 11.3 Å². The predicted octanol–water partition coefficient (Wildman–Crippen LogP) is 3.65. The molecule has 102 valence electrons. The van der Waals surface area contributed by atoms with E-state index in [1.165, 1.54) is 0 Å². The van der Waals surface area contributed by atoms with Crippen molar-refractivity contribution in [3.63, 3.8) is 0 Å². The molecule has 0 bridgehead atoms. The number of rotatable bonds is 6. The zero-order valence-electron chi connectivity index (χ0n) is 11.4. The Balaban J connectivity index is 2.23. The van der Waals surface area contributed by atoms with Crippen LogP contribution in [-0.4, -0.2) is 25.7 Å². The molecule has 0 spiro atoms. The highest BCUT2D eigenvalue weighted by molar-refractivity contribution is 7.14. The SMILES string of the molecule is CCCNc1nc(-c2ccc(OC)c(OC)c2)cs1. The van der Waals surface area contributed by atoms with E-state index in [-0.39, 0.29) is 0 Å². The monoisotopic (exact) mass is 278 g/mol. The summed E-state index contributed by atoms with van der Waals surface area (Å²) in [7, 11) is 3.27. The van der Waals surface area contributed by atoms with Crippen molar-refractivity contribution in [1.82, 2.24) is 4.98 Å². The highest BCUT2D eigenvalue weighted by Gasteiger charge is 2.09. The Bertz CT molecular complexity index is 540. The number of nitrogens with zero attached hydrogens (tertiary/aromatic N) is 1. The first-order valence-electron chi connectivity index (χ1n) is 6.20. The van der Waals surface area contributed by atoms with Crippen LogP contribution in [0.15, 0.2) is 23.6 Å². The molecule has 0 saturated carbocycles. The number of aromatic nitrogens is 1. The summed E-state index contributed by atoms with van der Waals surface area (Å²) in [6.45, 7) is 3.08. The number of ether oxygens (including phenoxy) is 2. The van der Waals surface area contributed by atoms with Gasteiger partial charge in [-0.05, 0) is 24.6 Å². The van der Waals surface area contributed by atoms with Gasteiger partial charge in [0.25, 0.3) is 0 Å². The third-order valence-corrected chi connectivity index (χ3v) is 3.51. The summed E-state index contributed by atoms with van der Waals surface area (Å²) in [5.41, 5.74) is 1.98. The van der Waals surface area contributed by atoms with E-state index in [9.17, 15) is 0 Å². The summed E-state index contributed by atoms with van der Waals surface area (Å²) >= 11 is 1.61. The normalized spacial score (nSPS) is 10.3. The lowest BCUT2D eigenvalue weighted by atomic mass is 10.1. The van der Waals surface area contributed by atoms with Gasteiger partial charge >= 0.3 is 0 Å². The van der Waals surface area contributed by atoms with Crippen LogP contribution in [0.25, 0.3) is 11.3 Å². The summed E-state index contributed by atoms with van der Waals surface area (Å²) in [4.78, 5) is 4.56. The fraction of sp³-hybridized carbons (Fsp3) is 0.357. The van der Waals surface area contributed by atoms with Crippen molar-refractivity contribution in [2.24, 2.45) is 0 Å². The quantitative estimate of drug-likeness (QED) is 0.876. The van der Waals surface area contributed by atoms with E-state index in [0.717, 1.165) is 40.9 Å². The number of anilines is 1. The Morgan fingerprint density at radius 2 is 2.00 bits per heavy atom. The van der Waals surface area contributed by atoms with Gasteiger partial charge in [0.1, 0.15) is 0 Å². The zero-order valence-corrected chi connectivity index (χ0v) is 12.2. The maximum Gasteiger partial charge on any atom is 0.183 e. The fourth-order valence-electron chi connectivity index (χ4n) is 1.72. The Kier molecular flexibility index (Phi) is 4.63. The highest BCUT2D eigenvalue weighted by atomic mass is 32.1. The summed E-state index contributed by atoms with van der Waals surface area (Å²) < 4.78 is 10.5. The predicted molar refractivity (Wildman–Crippen MR) is 79.4 cm³/mol. The summed E-state index contributed by atoms with van der Waals surface area (Å²) in [6.07, 6.45) is 1.09. The largest absolute Gasteiger partial charge is 0.493 e. The van der Waals surface area contributed by atoms with E-state index in [1.54, 1.807) is 25.6 Å². The number of methoxy groups -OCH3 is 2. The van der Waals surface area contributed by atoms with Gasteiger partial charge < -0.3 is 14.8 Å². The number of thiazole rings is 1. The van der Waals surface area contributed by atoms with Crippen LogP contribution in [0.1, 0.15) is 13.3 Å². The standard InChI is InChI=1S/C14H18N2O2S/c1-4-7-15-14-16-11(9-19-14)10-5-6-12(17-2)13(8-10)18-3/h5-6,8-9H,4,7H2,1-3H3,(H,15,16). The molecule has 0 aliphatic heterocycles. The molecule has 5 heteroatoms. The number of benzene rings is 1. The number of nitrogens with one attached hydrogen (secondary N) is 1. The third kappa shape index (κ3) is 3.17. The van der Waals surface area contributed by atoms with Crippen molar-refractivity contribution in [2.75, 3.05) is 26.1 Å². The minimum absolute atomic E-state index is 0.719. The number of hydrogen-bond acceptors (Lipinski definition) is 5. The lowest BCUT2D eigenvalue weighted by Crippen LogP contribution is -1.98. The van der Waals surface area contributed by atoms with Crippen LogP contribution in [0.3, 0.4) is 0 Å². The van der Waals surface area contributed by atoms with Crippen LogP contribution in [0.4, 0.5) is 5.13 Å². The van der Waals surface area contributed by atoms with Crippen LogP contribution >= 0.6 is 11.3 Å². The molecule has 0 amide bonds. The molecule has 0 aliphatic rings. The molecule has 1 heterocycles. The maximum absolute atomic E-state index is 5.31. The van der Waals surface area contributed by atoms with Crippen LogP contribution < -0.4 is 14.8 Å². The first kappa shape index (κ1) is 13.7. The molecular formula is C14H18N2O2S. The van der Waals surface area contributed by atoms with Gasteiger partial charge in [0.15, 0.2) is 16.6 Å². The van der Waals surface area contributed by atoms with Gasteiger partial charge in [-0.3, -0.25) is 0 Å². The second-order valence-electron chi connectivity index (χ2n) is 4.03. The molecule has 0 aliphatic carbocycles. The summed E-state index contributed by atoms with van der Waals surface area (Å²) in [6, 6.07) is 5.82. The minimum Gasteiger partial charge on any atom is -0.493 e. The van der Waals surface area contributed by atoms with Crippen LogP contribution in [0, 0.1) is 0 Å². The third-order valence-electron chi connectivity index (χ3n) is 2.71. The molecule has 0 saturated heterocycles. The molecule has 0 fully saturated rings. The van der Waals surface area contributed by atoms with Gasteiger partial charge in [-0.25, -0.2) is 4.98 Å². The number of hydrogen-bond donors (Lipinski definition) is 1. The van der Waals surface area contributed by atoms with Gasteiger partial charge in [0.05, 0.1) is 19.9 Å². The smallest absolute Gasteiger partial charge is 0.183 e. The van der Waals surface area contributed by atoms with Gasteiger partial charge in [-0.1, -0.05) is 6.92 Å². The Hall–Kier alpha value is -1.75. The second-order valence-corrected chi connectivity index (χ2v) is 4.89. The molecular weight excluding hydrogens is 260 g/mol. The van der Waals surface area contributed by atoms with E-state index in [0.29, 0.717) is 0 Å². The van der Waals surface area contributed by atoms with Crippen molar-refractivity contribution in [3.05, 3.63) is 23.6 Å². The van der Waals surface area contributed by atoms with E-state index in [2.05, 4.69) is 17.2 Å². The van der Waals surface area contributed by atoms with Crippen LogP contribution in [-0.2, 0) is 0 Å². The first-order chi connectivity index (χ1) is 9.28. The summed E-state index contributed by atoms with van der Waals surface area (Å²) in [5.74, 6) is 1.45. The van der Waals surface area contributed by atoms with Gasteiger partial charge in [-0.2, -0.15) is 0 Å².